The molecular weight excluding hydrogens is 262 g/mol. The van der Waals surface area contributed by atoms with Crippen LogP contribution in [0.1, 0.15) is 29.2 Å². The van der Waals surface area contributed by atoms with E-state index in [1.807, 2.05) is 6.92 Å². The average molecular weight is 275 g/mol. The van der Waals surface area contributed by atoms with Gasteiger partial charge < -0.3 is 10.4 Å². The highest BCUT2D eigenvalue weighted by Crippen LogP contribution is 2.32. The maximum Gasteiger partial charge on any atom is 0.326 e. The van der Waals surface area contributed by atoms with Crippen molar-refractivity contribution in [1.29, 1.82) is 0 Å². The number of rotatable bonds is 4. The molecule has 20 heavy (non-hydrogen) atoms. The van der Waals surface area contributed by atoms with E-state index >= 15 is 0 Å². The Bertz CT molecular complexity index is 691. The number of nitrogens with zero attached hydrogens (tertiary/aromatic N) is 4. The number of fused-ring (bicyclic) bond motifs is 1. The monoisotopic (exact) mass is 275 g/mol. The largest absolute Gasteiger partial charge is 0.480 e. The number of aliphatic carboxylic acids is 1. The van der Waals surface area contributed by atoms with Gasteiger partial charge in [-0.05, 0) is 31.7 Å². The van der Waals surface area contributed by atoms with Crippen LogP contribution in [-0.2, 0) is 4.79 Å². The van der Waals surface area contributed by atoms with Crippen molar-refractivity contribution in [2.45, 2.75) is 25.8 Å². The van der Waals surface area contributed by atoms with Crippen LogP contribution in [0.15, 0.2) is 12.3 Å². The number of carboxylic acids is 1. The van der Waals surface area contributed by atoms with Crippen molar-refractivity contribution in [3.05, 3.63) is 23.8 Å². The molecule has 0 radical (unpaired) electrons. The molecule has 8 heteroatoms. The molecule has 1 aliphatic carbocycles. The second kappa shape index (κ2) is 4.55. The first-order valence-electron chi connectivity index (χ1n) is 6.28. The highest BCUT2D eigenvalue weighted by atomic mass is 16.4. The van der Waals surface area contributed by atoms with E-state index < -0.39 is 17.9 Å². The van der Waals surface area contributed by atoms with E-state index in [1.54, 1.807) is 12.3 Å². The minimum absolute atomic E-state index is 0.00772. The molecule has 0 bridgehead atoms. The van der Waals surface area contributed by atoms with E-state index in [0.717, 1.165) is 18.5 Å². The van der Waals surface area contributed by atoms with Crippen LogP contribution in [0.2, 0.25) is 0 Å². The molecule has 0 saturated heterocycles. The highest BCUT2D eigenvalue weighted by Gasteiger charge is 2.38. The van der Waals surface area contributed by atoms with Crippen molar-refractivity contribution in [3.8, 4) is 0 Å². The van der Waals surface area contributed by atoms with Gasteiger partial charge in [0.2, 0.25) is 5.82 Å². The van der Waals surface area contributed by atoms with Crippen molar-refractivity contribution in [1.82, 2.24) is 24.9 Å². The predicted octanol–water partition coefficient (Wildman–Crippen LogP) is 0.0257. The van der Waals surface area contributed by atoms with Crippen LogP contribution in [0, 0.1) is 12.8 Å². The third kappa shape index (κ3) is 2.20. The normalized spacial score (nSPS) is 16.1. The van der Waals surface area contributed by atoms with Gasteiger partial charge in [0.25, 0.3) is 11.7 Å². The second-order valence-corrected chi connectivity index (χ2v) is 4.86. The molecule has 104 valence electrons. The van der Waals surface area contributed by atoms with Gasteiger partial charge in [-0.15, -0.1) is 5.10 Å². The lowest BCUT2D eigenvalue weighted by atomic mass is 10.2. The molecule has 0 aliphatic heterocycles. The van der Waals surface area contributed by atoms with Gasteiger partial charge in [-0.2, -0.15) is 4.98 Å². The van der Waals surface area contributed by atoms with Crippen LogP contribution in [0.5, 0.6) is 0 Å². The molecule has 2 aromatic heterocycles. The number of amides is 1. The fraction of sp³-hybridized carbons (Fsp3) is 0.417. The zero-order valence-corrected chi connectivity index (χ0v) is 10.8. The number of hydrogen-bond acceptors (Lipinski definition) is 5. The Kier molecular flexibility index (Phi) is 2.85. The molecule has 1 amide bonds. The number of carbonyl (C=O) groups excluding carboxylic acids is 1. The number of carbonyl (C=O) groups is 2. The molecule has 3 rings (SSSR count). The summed E-state index contributed by atoms with van der Waals surface area (Å²) in [5.74, 6) is -1.37. The quantitative estimate of drug-likeness (QED) is 0.814. The van der Waals surface area contributed by atoms with Crippen molar-refractivity contribution < 1.29 is 14.7 Å². The maximum atomic E-state index is 12.0. The summed E-state index contributed by atoms with van der Waals surface area (Å²) in [5, 5.41) is 15.6. The minimum Gasteiger partial charge on any atom is -0.480 e. The number of aryl methyl sites for hydroxylation is 1. The number of nitrogens with one attached hydrogen (secondary N) is 1. The SMILES string of the molecule is Cc1ccnc2nc(C(=O)NC(C(=O)O)C3CC3)nn12. The Hall–Kier alpha value is -2.51. The van der Waals surface area contributed by atoms with E-state index in [1.165, 1.54) is 4.52 Å². The first-order chi connectivity index (χ1) is 9.56. The van der Waals surface area contributed by atoms with Gasteiger partial charge in [-0.25, -0.2) is 14.3 Å². The molecule has 8 nitrogen and oxygen atoms in total. The molecule has 1 atom stereocenters. The van der Waals surface area contributed by atoms with Crippen LogP contribution in [0.4, 0.5) is 0 Å². The lowest BCUT2D eigenvalue weighted by Crippen LogP contribution is -2.42. The first-order valence-corrected chi connectivity index (χ1v) is 6.28. The standard InChI is InChI=1S/C12H13N5O3/c1-6-4-5-13-12-15-9(16-17(6)12)10(18)14-8(11(19)20)7-2-3-7/h4-5,7-8H,2-3H2,1H3,(H,14,18)(H,19,20). The summed E-state index contributed by atoms with van der Waals surface area (Å²) in [5.41, 5.74) is 0.790. The molecule has 1 aliphatic rings. The summed E-state index contributed by atoms with van der Waals surface area (Å²) < 4.78 is 1.45. The number of aromatic nitrogens is 4. The van der Waals surface area contributed by atoms with Crippen LogP contribution in [-0.4, -0.2) is 42.6 Å². The fourth-order valence-electron chi connectivity index (χ4n) is 2.02. The third-order valence-corrected chi connectivity index (χ3v) is 3.28. The topological polar surface area (TPSA) is 109 Å². The van der Waals surface area contributed by atoms with Crippen molar-refractivity contribution in [2.24, 2.45) is 5.92 Å². The predicted molar refractivity (Wildman–Crippen MR) is 67.1 cm³/mol. The number of carboxylic acid groups (broad SMARTS) is 1. The molecule has 0 aromatic carbocycles. The summed E-state index contributed by atoms with van der Waals surface area (Å²) in [6, 6.07) is 0.872. The van der Waals surface area contributed by atoms with Gasteiger partial charge in [0, 0.05) is 11.9 Å². The smallest absolute Gasteiger partial charge is 0.326 e. The Balaban J connectivity index is 1.85. The molecule has 2 N–H and O–H groups in total. The maximum absolute atomic E-state index is 12.0. The van der Waals surface area contributed by atoms with Crippen LogP contribution >= 0.6 is 0 Å². The summed E-state index contributed by atoms with van der Waals surface area (Å²) in [7, 11) is 0. The first kappa shape index (κ1) is 12.5. The lowest BCUT2D eigenvalue weighted by molar-refractivity contribution is -0.139. The lowest BCUT2D eigenvalue weighted by Gasteiger charge is -2.11. The van der Waals surface area contributed by atoms with E-state index in [2.05, 4.69) is 20.4 Å². The van der Waals surface area contributed by atoms with Crippen LogP contribution < -0.4 is 5.32 Å². The van der Waals surface area contributed by atoms with Gasteiger partial charge in [0.05, 0.1) is 0 Å². The van der Waals surface area contributed by atoms with Gasteiger partial charge in [-0.1, -0.05) is 0 Å². The number of hydrogen-bond donors (Lipinski definition) is 2. The summed E-state index contributed by atoms with van der Waals surface area (Å²) >= 11 is 0. The zero-order valence-electron chi connectivity index (χ0n) is 10.8. The van der Waals surface area contributed by atoms with Gasteiger partial charge in [-0.3, -0.25) is 4.79 Å². The fourth-order valence-corrected chi connectivity index (χ4v) is 2.02. The molecular formula is C12H13N5O3. The van der Waals surface area contributed by atoms with E-state index in [4.69, 9.17) is 5.11 Å². The minimum atomic E-state index is -1.03. The van der Waals surface area contributed by atoms with Crippen LogP contribution in [0.3, 0.4) is 0 Å². The molecule has 0 spiro atoms. The molecule has 2 aromatic rings. The molecule has 1 saturated carbocycles. The summed E-state index contributed by atoms with van der Waals surface area (Å²) in [4.78, 5) is 31.1. The molecule has 2 heterocycles. The summed E-state index contributed by atoms with van der Waals surface area (Å²) in [6.45, 7) is 1.81. The Morgan fingerprint density at radius 2 is 2.25 bits per heavy atom. The van der Waals surface area contributed by atoms with Crippen molar-refractivity contribution >= 4 is 17.7 Å². The average Bonchev–Trinajstić information content (AvgIpc) is 3.13. The Morgan fingerprint density at radius 3 is 2.85 bits per heavy atom. The third-order valence-electron chi connectivity index (χ3n) is 3.28. The van der Waals surface area contributed by atoms with Crippen LogP contribution in [0.25, 0.3) is 5.78 Å². The Morgan fingerprint density at radius 1 is 1.50 bits per heavy atom. The van der Waals surface area contributed by atoms with Gasteiger partial charge in [0.15, 0.2) is 0 Å². The second-order valence-electron chi connectivity index (χ2n) is 4.86. The van der Waals surface area contributed by atoms with Gasteiger partial charge >= 0.3 is 5.97 Å². The molecule has 1 fully saturated rings. The van der Waals surface area contributed by atoms with E-state index in [9.17, 15) is 9.59 Å². The van der Waals surface area contributed by atoms with E-state index in [-0.39, 0.29) is 11.7 Å². The van der Waals surface area contributed by atoms with Crippen molar-refractivity contribution in [3.63, 3.8) is 0 Å². The highest BCUT2D eigenvalue weighted by molar-refractivity contribution is 5.93. The van der Waals surface area contributed by atoms with E-state index in [0.29, 0.717) is 5.78 Å². The van der Waals surface area contributed by atoms with Crippen molar-refractivity contribution in [2.75, 3.05) is 0 Å². The summed E-state index contributed by atoms with van der Waals surface area (Å²) in [6.07, 6.45) is 3.21. The molecule has 1 unspecified atom stereocenters. The zero-order chi connectivity index (χ0) is 14.3. The Labute approximate surface area is 113 Å². The van der Waals surface area contributed by atoms with Gasteiger partial charge in [0.1, 0.15) is 6.04 Å².